The second-order valence-electron chi connectivity index (χ2n) is 5.69. The van der Waals surface area contributed by atoms with E-state index in [4.69, 9.17) is 0 Å². The lowest BCUT2D eigenvalue weighted by molar-refractivity contribution is 0.0703. The maximum atomic E-state index is 12.7. The molecule has 6 nitrogen and oxygen atoms in total. The molecule has 0 aliphatic heterocycles. The Hall–Kier alpha value is -3.15. The highest BCUT2D eigenvalue weighted by Gasteiger charge is 2.23. The van der Waals surface area contributed by atoms with Crippen LogP contribution in [-0.4, -0.2) is 19.5 Å². The van der Waals surface area contributed by atoms with Gasteiger partial charge < -0.3 is 5.11 Å². The van der Waals surface area contributed by atoms with E-state index in [9.17, 15) is 23.6 Å². The zero-order valence-corrected chi connectivity index (χ0v) is 15.8. The molecule has 0 aliphatic rings. The number of carbonyl (C=O) groups is 1. The van der Waals surface area contributed by atoms with Crippen molar-refractivity contribution in [1.82, 2.24) is 0 Å². The number of aromatic carboxylic acids is 1. The second kappa shape index (κ2) is 7.23. The maximum Gasteiger partial charge on any atom is 0.348 e. The molecule has 0 saturated heterocycles. The third-order valence-corrected chi connectivity index (χ3v) is 6.55. The van der Waals surface area contributed by atoms with Crippen molar-refractivity contribution in [1.29, 1.82) is 5.26 Å². The fourth-order valence-electron chi connectivity index (χ4n) is 2.61. The number of nitrogens with zero attached hydrogens (tertiary/aromatic N) is 1. The van der Waals surface area contributed by atoms with Gasteiger partial charge in [-0.05, 0) is 30.7 Å². The van der Waals surface area contributed by atoms with Crippen molar-refractivity contribution in [2.24, 2.45) is 0 Å². The van der Waals surface area contributed by atoms with E-state index in [1.807, 2.05) is 0 Å². The lowest BCUT2D eigenvalue weighted by Crippen LogP contribution is -2.15. The molecule has 0 radical (unpaired) electrons. The number of hydrogen-bond donors (Lipinski definition) is 2. The van der Waals surface area contributed by atoms with Gasteiger partial charge in [0.25, 0.3) is 10.0 Å². The van der Waals surface area contributed by atoms with Crippen molar-refractivity contribution in [2.75, 3.05) is 4.72 Å². The molecule has 1 aromatic heterocycles. The zero-order chi connectivity index (χ0) is 19.6. The Bertz CT molecular complexity index is 1170. The van der Waals surface area contributed by atoms with Crippen LogP contribution in [0.5, 0.6) is 0 Å². The molecule has 0 saturated carbocycles. The van der Waals surface area contributed by atoms with Gasteiger partial charge in [-0.1, -0.05) is 36.4 Å². The normalized spacial score (nSPS) is 11.0. The molecule has 3 rings (SSSR count). The van der Waals surface area contributed by atoms with Crippen LogP contribution in [0.1, 0.15) is 20.8 Å². The number of rotatable bonds is 5. The lowest BCUT2D eigenvalue weighted by atomic mass is 10.1. The highest BCUT2D eigenvalue weighted by atomic mass is 32.2. The van der Waals surface area contributed by atoms with Crippen LogP contribution in [-0.2, 0) is 10.0 Å². The van der Waals surface area contributed by atoms with E-state index in [0.717, 1.165) is 11.3 Å². The molecule has 8 heteroatoms. The molecule has 0 aliphatic carbocycles. The molecule has 0 spiro atoms. The van der Waals surface area contributed by atoms with Crippen LogP contribution in [0.2, 0.25) is 0 Å². The van der Waals surface area contributed by atoms with Gasteiger partial charge in [-0.2, -0.15) is 5.26 Å². The first-order valence-corrected chi connectivity index (χ1v) is 10.1. The topological polar surface area (TPSA) is 107 Å². The predicted octanol–water partition coefficient (Wildman–Crippen LogP) is 4.09. The molecular formula is C19H14N2O4S2. The number of nitrogens with one attached hydrogen (secondary N) is 1. The van der Waals surface area contributed by atoms with E-state index in [1.54, 1.807) is 49.4 Å². The number of nitriles is 1. The Morgan fingerprint density at radius 2 is 1.81 bits per heavy atom. The third-order valence-electron chi connectivity index (χ3n) is 3.87. The Morgan fingerprint density at radius 3 is 2.48 bits per heavy atom. The quantitative estimate of drug-likeness (QED) is 0.673. The minimum atomic E-state index is -3.96. The first kappa shape index (κ1) is 18.6. The number of sulfonamides is 1. The van der Waals surface area contributed by atoms with E-state index in [0.29, 0.717) is 21.6 Å². The van der Waals surface area contributed by atoms with Crippen molar-refractivity contribution in [3.8, 4) is 16.5 Å². The molecule has 1 heterocycles. The molecule has 0 bridgehead atoms. The summed E-state index contributed by atoms with van der Waals surface area (Å²) in [5, 5.41) is 18.7. The number of carboxylic acids is 1. The lowest BCUT2D eigenvalue weighted by Gasteiger charge is -2.09. The van der Waals surface area contributed by atoms with Gasteiger partial charge in [-0.15, -0.1) is 11.3 Å². The van der Waals surface area contributed by atoms with Gasteiger partial charge in [0.15, 0.2) is 0 Å². The summed E-state index contributed by atoms with van der Waals surface area (Å²) in [4.78, 5) is 12.0. The molecule has 0 fully saturated rings. The van der Waals surface area contributed by atoms with Crippen LogP contribution < -0.4 is 4.72 Å². The van der Waals surface area contributed by atoms with Gasteiger partial charge in [0, 0.05) is 10.4 Å². The van der Waals surface area contributed by atoms with Crippen LogP contribution in [0, 0.1) is 18.3 Å². The first-order chi connectivity index (χ1) is 12.8. The number of benzene rings is 2. The molecule has 0 atom stereocenters. The summed E-state index contributed by atoms with van der Waals surface area (Å²) in [5.41, 5.74) is 1.45. The molecule has 27 heavy (non-hydrogen) atoms. The highest BCUT2D eigenvalue weighted by Crippen LogP contribution is 2.37. The minimum absolute atomic E-state index is 0.0292. The van der Waals surface area contributed by atoms with Crippen LogP contribution in [0.25, 0.3) is 10.4 Å². The smallest absolute Gasteiger partial charge is 0.348 e. The van der Waals surface area contributed by atoms with E-state index in [-0.39, 0.29) is 15.5 Å². The summed E-state index contributed by atoms with van der Waals surface area (Å²) >= 11 is 0.913. The summed E-state index contributed by atoms with van der Waals surface area (Å²) in [5.74, 6) is -1.25. The predicted molar refractivity (Wildman–Crippen MR) is 103 cm³/mol. The van der Waals surface area contributed by atoms with Crippen LogP contribution in [0.15, 0.2) is 59.5 Å². The molecule has 3 aromatic rings. The van der Waals surface area contributed by atoms with Gasteiger partial charge >= 0.3 is 5.97 Å². The molecule has 0 unspecified atom stereocenters. The summed E-state index contributed by atoms with van der Waals surface area (Å²) in [6.07, 6.45) is 0. The van der Waals surface area contributed by atoms with Crippen molar-refractivity contribution >= 4 is 33.0 Å². The van der Waals surface area contributed by atoms with E-state index < -0.39 is 16.0 Å². The number of aryl methyl sites for hydroxylation is 1. The Labute approximate surface area is 160 Å². The summed E-state index contributed by atoms with van der Waals surface area (Å²) in [6.45, 7) is 1.66. The van der Waals surface area contributed by atoms with Crippen molar-refractivity contribution < 1.29 is 18.3 Å². The summed E-state index contributed by atoms with van der Waals surface area (Å²) < 4.78 is 27.8. The van der Waals surface area contributed by atoms with Gasteiger partial charge in [-0.25, -0.2) is 13.2 Å². The number of thiophene rings is 1. The first-order valence-electron chi connectivity index (χ1n) is 7.78. The standard InChI is InChI=1S/C19H14N2O4S2/c1-12-6-2-5-9-17(12)27(24,25)21-15-10-16(26-18(15)19(22)23)14-8-4-3-7-13(14)11-20/h2-10,21H,1H3,(H,22,23). The molecule has 0 amide bonds. The van der Waals surface area contributed by atoms with Crippen LogP contribution in [0.3, 0.4) is 0 Å². The summed E-state index contributed by atoms with van der Waals surface area (Å²) in [6, 6.07) is 16.7. The average Bonchev–Trinajstić information content (AvgIpc) is 3.05. The second-order valence-corrected chi connectivity index (χ2v) is 8.39. The molecule has 2 aromatic carbocycles. The van der Waals surface area contributed by atoms with Crippen LogP contribution in [0.4, 0.5) is 5.69 Å². The molecule has 2 N–H and O–H groups in total. The number of anilines is 1. The van der Waals surface area contributed by atoms with Gasteiger partial charge in [0.2, 0.25) is 0 Å². The van der Waals surface area contributed by atoms with Crippen molar-refractivity contribution in [3.63, 3.8) is 0 Å². The van der Waals surface area contributed by atoms with Crippen molar-refractivity contribution in [2.45, 2.75) is 11.8 Å². The average molecular weight is 398 g/mol. The Balaban J connectivity index is 2.09. The van der Waals surface area contributed by atoms with Gasteiger partial charge in [0.1, 0.15) is 4.88 Å². The van der Waals surface area contributed by atoms with E-state index >= 15 is 0 Å². The Kier molecular flexibility index (Phi) is 4.99. The fraction of sp³-hybridized carbons (Fsp3) is 0.0526. The minimum Gasteiger partial charge on any atom is -0.477 e. The summed E-state index contributed by atoms with van der Waals surface area (Å²) in [7, 11) is -3.96. The molecule has 136 valence electrons. The highest BCUT2D eigenvalue weighted by molar-refractivity contribution is 7.92. The largest absolute Gasteiger partial charge is 0.477 e. The van der Waals surface area contributed by atoms with E-state index in [2.05, 4.69) is 10.8 Å². The third kappa shape index (κ3) is 3.69. The Morgan fingerprint density at radius 1 is 1.15 bits per heavy atom. The SMILES string of the molecule is Cc1ccccc1S(=O)(=O)Nc1cc(-c2ccccc2C#N)sc1C(=O)O. The zero-order valence-electron chi connectivity index (χ0n) is 14.1. The van der Waals surface area contributed by atoms with E-state index in [1.165, 1.54) is 12.1 Å². The number of carboxylic acid groups (broad SMARTS) is 1. The van der Waals surface area contributed by atoms with Crippen molar-refractivity contribution in [3.05, 3.63) is 70.6 Å². The van der Waals surface area contributed by atoms with Crippen LogP contribution >= 0.6 is 11.3 Å². The number of hydrogen-bond acceptors (Lipinski definition) is 5. The van der Waals surface area contributed by atoms with Gasteiger partial charge in [0.05, 0.1) is 22.2 Å². The fourth-order valence-corrected chi connectivity index (χ4v) is 4.98. The molecular weight excluding hydrogens is 384 g/mol. The van der Waals surface area contributed by atoms with Gasteiger partial charge in [-0.3, -0.25) is 4.72 Å². The monoisotopic (exact) mass is 398 g/mol. The maximum absolute atomic E-state index is 12.7.